The van der Waals surface area contributed by atoms with Crippen LogP contribution in [-0.4, -0.2) is 47.7 Å². The summed E-state index contributed by atoms with van der Waals surface area (Å²) in [5.41, 5.74) is 0.368. The molecule has 0 bridgehead atoms. The molecule has 1 N–H and O–H groups in total. The number of hydrogen-bond donors (Lipinski definition) is 1. The Bertz CT molecular complexity index is 1030. The number of anilines is 1. The zero-order chi connectivity index (χ0) is 23.8. The minimum absolute atomic E-state index is 0.000462. The number of sulfonamides is 1. The summed E-state index contributed by atoms with van der Waals surface area (Å²) in [5.74, 6) is 0.993. The molecule has 0 aromatic heterocycles. The lowest BCUT2D eigenvalue weighted by molar-refractivity contribution is -0.120. The number of ether oxygens (including phenoxy) is 3. The van der Waals surface area contributed by atoms with Gasteiger partial charge in [-0.15, -0.1) is 0 Å². The van der Waals surface area contributed by atoms with Gasteiger partial charge in [-0.05, 0) is 56.2 Å². The van der Waals surface area contributed by atoms with Crippen LogP contribution in [0.2, 0.25) is 0 Å². The Morgan fingerprint density at radius 3 is 2.27 bits per heavy atom. The van der Waals surface area contributed by atoms with E-state index < -0.39 is 10.0 Å². The van der Waals surface area contributed by atoms with Crippen molar-refractivity contribution in [2.75, 3.05) is 31.7 Å². The van der Waals surface area contributed by atoms with Gasteiger partial charge in [-0.3, -0.25) is 9.10 Å². The van der Waals surface area contributed by atoms with Crippen molar-refractivity contribution in [3.63, 3.8) is 0 Å². The Morgan fingerprint density at radius 1 is 1.00 bits per heavy atom. The van der Waals surface area contributed by atoms with E-state index >= 15 is 0 Å². The van der Waals surface area contributed by atoms with Crippen molar-refractivity contribution in [3.05, 3.63) is 42.5 Å². The van der Waals surface area contributed by atoms with Gasteiger partial charge in [0.15, 0.2) is 11.5 Å². The Balaban J connectivity index is 1.93. The smallest absolute Gasteiger partial charge is 0.264 e. The molecular formula is C24H32N2O6S. The minimum Gasteiger partial charge on any atom is -0.494 e. The summed E-state index contributed by atoms with van der Waals surface area (Å²) in [6, 6.07) is 11.1. The standard InChI is InChI=1S/C24H32N2O6S/c1-4-32-20-12-10-19(11-13-20)26(17-24(27)25-18-8-6-5-7-9-18)33(28,29)21-14-15-22(30-2)23(16-21)31-3/h10-16,18H,4-9,17H2,1-3H3,(H,25,27). The van der Waals surface area contributed by atoms with Crippen molar-refractivity contribution in [2.24, 2.45) is 0 Å². The maximum atomic E-state index is 13.7. The van der Waals surface area contributed by atoms with E-state index in [4.69, 9.17) is 14.2 Å². The van der Waals surface area contributed by atoms with Crippen LogP contribution in [0, 0.1) is 0 Å². The van der Waals surface area contributed by atoms with E-state index in [2.05, 4.69) is 5.32 Å². The lowest BCUT2D eigenvalue weighted by Crippen LogP contribution is -2.44. The Morgan fingerprint density at radius 2 is 1.67 bits per heavy atom. The average molecular weight is 477 g/mol. The highest BCUT2D eigenvalue weighted by Crippen LogP contribution is 2.32. The van der Waals surface area contributed by atoms with Crippen molar-refractivity contribution >= 4 is 21.6 Å². The highest BCUT2D eigenvalue weighted by atomic mass is 32.2. The number of carbonyl (C=O) groups is 1. The first-order chi connectivity index (χ1) is 15.9. The molecule has 0 atom stereocenters. The van der Waals surface area contributed by atoms with Crippen molar-refractivity contribution in [3.8, 4) is 17.2 Å². The molecule has 0 aliphatic heterocycles. The number of nitrogens with one attached hydrogen (secondary N) is 1. The second-order valence-corrected chi connectivity index (χ2v) is 9.72. The van der Waals surface area contributed by atoms with Gasteiger partial charge >= 0.3 is 0 Å². The molecule has 9 heteroatoms. The molecule has 3 rings (SSSR count). The van der Waals surface area contributed by atoms with Crippen LogP contribution < -0.4 is 23.8 Å². The number of amides is 1. The molecule has 0 radical (unpaired) electrons. The minimum atomic E-state index is -4.08. The fourth-order valence-corrected chi connectivity index (χ4v) is 5.38. The van der Waals surface area contributed by atoms with Crippen LogP contribution in [0.25, 0.3) is 0 Å². The summed E-state index contributed by atoms with van der Waals surface area (Å²) in [7, 11) is -1.16. The molecule has 2 aromatic rings. The topological polar surface area (TPSA) is 94.2 Å². The summed E-state index contributed by atoms with van der Waals surface area (Å²) in [6.07, 6.45) is 5.13. The Hall–Kier alpha value is -2.94. The van der Waals surface area contributed by atoms with Crippen molar-refractivity contribution < 1.29 is 27.4 Å². The van der Waals surface area contributed by atoms with Gasteiger partial charge in [0.1, 0.15) is 12.3 Å². The van der Waals surface area contributed by atoms with E-state index in [1.165, 1.54) is 38.8 Å². The van der Waals surface area contributed by atoms with Gasteiger partial charge in [0.2, 0.25) is 5.91 Å². The monoisotopic (exact) mass is 476 g/mol. The predicted octanol–water partition coefficient (Wildman–Crippen LogP) is 3.75. The van der Waals surface area contributed by atoms with Crippen molar-refractivity contribution in [1.82, 2.24) is 5.32 Å². The fraction of sp³-hybridized carbons (Fsp3) is 0.458. The third-order valence-electron chi connectivity index (χ3n) is 5.64. The fourth-order valence-electron chi connectivity index (χ4n) is 3.95. The molecule has 33 heavy (non-hydrogen) atoms. The zero-order valence-electron chi connectivity index (χ0n) is 19.4. The van der Waals surface area contributed by atoms with Crippen molar-refractivity contribution in [2.45, 2.75) is 50.0 Å². The average Bonchev–Trinajstić information content (AvgIpc) is 2.83. The number of nitrogens with zero attached hydrogens (tertiary/aromatic N) is 1. The van der Waals surface area contributed by atoms with Crippen LogP contribution in [0.4, 0.5) is 5.69 Å². The normalized spacial score (nSPS) is 14.4. The molecule has 1 saturated carbocycles. The summed E-state index contributed by atoms with van der Waals surface area (Å²) < 4.78 is 44.4. The van der Waals surface area contributed by atoms with Gasteiger partial charge in [-0.2, -0.15) is 0 Å². The van der Waals surface area contributed by atoms with Gasteiger partial charge < -0.3 is 19.5 Å². The van der Waals surface area contributed by atoms with Gasteiger partial charge in [-0.25, -0.2) is 8.42 Å². The van der Waals surface area contributed by atoms with Crippen LogP contribution in [0.3, 0.4) is 0 Å². The molecule has 180 valence electrons. The SMILES string of the molecule is CCOc1ccc(N(CC(=O)NC2CCCCC2)S(=O)(=O)c2ccc(OC)c(OC)c2)cc1. The van der Waals surface area contributed by atoms with Gasteiger partial charge in [0, 0.05) is 12.1 Å². The molecule has 1 aliphatic rings. The lowest BCUT2D eigenvalue weighted by Gasteiger charge is -2.27. The molecule has 0 saturated heterocycles. The number of rotatable bonds is 10. The predicted molar refractivity (Wildman–Crippen MR) is 127 cm³/mol. The zero-order valence-corrected chi connectivity index (χ0v) is 20.2. The molecule has 0 heterocycles. The van der Waals surface area contributed by atoms with Crippen LogP contribution in [0.5, 0.6) is 17.2 Å². The van der Waals surface area contributed by atoms with E-state index in [-0.39, 0.29) is 29.1 Å². The number of benzene rings is 2. The summed E-state index contributed by atoms with van der Waals surface area (Å²) in [4.78, 5) is 12.9. The lowest BCUT2D eigenvalue weighted by atomic mass is 9.95. The first-order valence-corrected chi connectivity index (χ1v) is 12.6. The van der Waals surface area contributed by atoms with E-state index in [0.29, 0.717) is 23.8 Å². The Kier molecular flexibility index (Phi) is 8.43. The van der Waals surface area contributed by atoms with E-state index in [1.54, 1.807) is 24.3 Å². The number of methoxy groups -OCH3 is 2. The van der Waals surface area contributed by atoms with Crippen molar-refractivity contribution in [1.29, 1.82) is 0 Å². The second kappa shape index (κ2) is 11.3. The Labute approximate surface area is 195 Å². The molecule has 0 spiro atoms. The molecule has 1 aliphatic carbocycles. The van der Waals surface area contributed by atoms with Gasteiger partial charge in [-0.1, -0.05) is 19.3 Å². The molecule has 8 nitrogen and oxygen atoms in total. The van der Waals surface area contributed by atoms with E-state index in [1.807, 2.05) is 6.92 Å². The third-order valence-corrected chi connectivity index (χ3v) is 7.41. The second-order valence-electron chi connectivity index (χ2n) is 7.86. The summed E-state index contributed by atoms with van der Waals surface area (Å²) in [6.45, 7) is 2.04. The van der Waals surface area contributed by atoms with Gasteiger partial charge in [0.05, 0.1) is 31.4 Å². The molecule has 1 fully saturated rings. The first-order valence-electron chi connectivity index (χ1n) is 11.2. The van der Waals surface area contributed by atoms with E-state index in [0.717, 1.165) is 30.0 Å². The van der Waals surface area contributed by atoms with Crippen LogP contribution in [0.1, 0.15) is 39.0 Å². The molecule has 2 aromatic carbocycles. The molecule has 0 unspecified atom stereocenters. The maximum absolute atomic E-state index is 13.7. The van der Waals surface area contributed by atoms with Crippen LogP contribution in [-0.2, 0) is 14.8 Å². The maximum Gasteiger partial charge on any atom is 0.264 e. The summed E-state index contributed by atoms with van der Waals surface area (Å²) >= 11 is 0. The highest BCUT2D eigenvalue weighted by molar-refractivity contribution is 7.92. The largest absolute Gasteiger partial charge is 0.494 e. The summed E-state index contributed by atoms with van der Waals surface area (Å²) in [5, 5.41) is 3.00. The van der Waals surface area contributed by atoms with Crippen LogP contribution >= 0.6 is 0 Å². The highest BCUT2D eigenvalue weighted by Gasteiger charge is 2.29. The van der Waals surface area contributed by atoms with Crippen LogP contribution in [0.15, 0.2) is 47.4 Å². The van der Waals surface area contributed by atoms with E-state index in [9.17, 15) is 13.2 Å². The third kappa shape index (κ3) is 6.10. The first kappa shape index (κ1) is 24.7. The molecular weight excluding hydrogens is 444 g/mol. The molecule has 1 amide bonds. The van der Waals surface area contributed by atoms with Gasteiger partial charge in [0.25, 0.3) is 10.0 Å². The number of carbonyl (C=O) groups excluding carboxylic acids is 1. The number of hydrogen-bond acceptors (Lipinski definition) is 6. The quantitative estimate of drug-likeness (QED) is 0.561.